The molecule has 14 heavy (non-hydrogen) atoms. The lowest BCUT2D eigenvalue weighted by molar-refractivity contribution is 0.221. The van der Waals surface area contributed by atoms with Gasteiger partial charge in [0.1, 0.15) is 0 Å². The van der Waals surface area contributed by atoms with Crippen molar-refractivity contribution in [1.29, 1.82) is 0 Å². The van der Waals surface area contributed by atoms with E-state index in [1.54, 1.807) is 18.3 Å². The van der Waals surface area contributed by atoms with Gasteiger partial charge in [-0.25, -0.2) is 0 Å². The quantitative estimate of drug-likeness (QED) is 0.427. The molecule has 0 saturated heterocycles. The van der Waals surface area contributed by atoms with Gasteiger partial charge in [0.05, 0.1) is 0 Å². The Bertz CT molecular complexity index is 218. The largest absolute Gasteiger partial charge is 0.490 e. The van der Waals surface area contributed by atoms with E-state index in [1.807, 2.05) is 0 Å². The highest BCUT2D eigenvalue weighted by molar-refractivity contribution is 6.58. The Morgan fingerprint density at radius 3 is 2.07 bits per heavy atom. The first kappa shape index (κ1) is 13.1. The molecule has 78 valence electrons. The van der Waals surface area contributed by atoms with Crippen molar-refractivity contribution in [2.75, 3.05) is 13.2 Å². The lowest BCUT2D eigenvalue weighted by Gasteiger charge is -1.93. The van der Waals surface area contributed by atoms with E-state index >= 15 is 0 Å². The lowest BCUT2D eigenvalue weighted by atomic mass is 9.82. The summed E-state index contributed by atoms with van der Waals surface area (Å²) in [5, 5.41) is 32.9. The van der Waals surface area contributed by atoms with Crippen molar-refractivity contribution in [2.24, 2.45) is 0 Å². The topological polar surface area (TPSA) is 93.8 Å². The van der Waals surface area contributed by atoms with Crippen LogP contribution in [-0.4, -0.2) is 45.6 Å². The molecule has 1 heterocycles. The summed E-state index contributed by atoms with van der Waals surface area (Å²) in [4.78, 5) is 3.69. The Balaban J connectivity index is 0.000000292. The summed E-state index contributed by atoms with van der Waals surface area (Å²) in [6.45, 7) is 0.188. The van der Waals surface area contributed by atoms with Crippen LogP contribution in [-0.2, 0) is 0 Å². The highest BCUT2D eigenvalue weighted by atomic mass is 16.4. The van der Waals surface area contributed by atoms with Gasteiger partial charge in [0, 0.05) is 31.1 Å². The number of aromatic nitrogens is 1. The Morgan fingerprint density at radius 1 is 1.21 bits per heavy atom. The van der Waals surface area contributed by atoms with E-state index in [-0.39, 0.29) is 13.2 Å². The smallest absolute Gasteiger partial charge is 0.423 e. The Morgan fingerprint density at radius 2 is 1.86 bits per heavy atom. The van der Waals surface area contributed by atoms with Crippen molar-refractivity contribution in [1.82, 2.24) is 4.98 Å². The van der Waals surface area contributed by atoms with Crippen molar-refractivity contribution in [3.8, 4) is 0 Å². The normalized spacial score (nSPS) is 8.86. The van der Waals surface area contributed by atoms with Gasteiger partial charge in [0.2, 0.25) is 0 Å². The van der Waals surface area contributed by atoms with Gasteiger partial charge in [-0.15, -0.1) is 0 Å². The molecular weight excluding hydrogens is 185 g/mol. The van der Waals surface area contributed by atoms with E-state index in [1.165, 1.54) is 6.20 Å². The van der Waals surface area contributed by atoms with Gasteiger partial charge in [-0.3, -0.25) is 4.98 Å². The molecule has 0 aliphatic rings. The fourth-order valence-electron chi connectivity index (χ4n) is 0.599. The summed E-state index contributed by atoms with van der Waals surface area (Å²) in [6.07, 6.45) is 3.48. The molecule has 0 amide bonds. The maximum atomic E-state index is 8.54. The summed E-state index contributed by atoms with van der Waals surface area (Å²) in [7, 11) is -1.40. The van der Waals surface area contributed by atoms with Gasteiger partial charge in [-0.2, -0.15) is 0 Å². The van der Waals surface area contributed by atoms with Gasteiger partial charge in [0.15, 0.2) is 0 Å². The van der Waals surface area contributed by atoms with Crippen LogP contribution in [0.1, 0.15) is 6.42 Å². The lowest BCUT2D eigenvalue weighted by Crippen LogP contribution is -2.29. The molecular formula is C8H14BNO4. The molecule has 0 atom stereocenters. The molecule has 1 aromatic heterocycles. The Kier molecular flexibility index (Phi) is 8.06. The maximum Gasteiger partial charge on any atom is 0.490 e. The van der Waals surface area contributed by atoms with Crippen LogP contribution in [0.15, 0.2) is 24.5 Å². The van der Waals surface area contributed by atoms with Gasteiger partial charge in [0.25, 0.3) is 0 Å². The summed E-state index contributed by atoms with van der Waals surface area (Å²) in [5.41, 5.74) is 0.414. The minimum atomic E-state index is -1.40. The second-order valence-electron chi connectivity index (χ2n) is 2.46. The first-order chi connectivity index (χ1) is 6.72. The highest BCUT2D eigenvalue weighted by Crippen LogP contribution is 1.77. The zero-order valence-electron chi connectivity index (χ0n) is 7.74. The van der Waals surface area contributed by atoms with Gasteiger partial charge in [-0.05, 0) is 12.5 Å². The zero-order valence-corrected chi connectivity index (χ0v) is 7.74. The Labute approximate surface area is 82.8 Å². The molecule has 0 aliphatic carbocycles. The third-order valence-corrected chi connectivity index (χ3v) is 1.30. The van der Waals surface area contributed by atoms with Crippen molar-refractivity contribution >= 4 is 12.6 Å². The number of aliphatic hydroxyl groups is 2. The van der Waals surface area contributed by atoms with Crippen LogP contribution in [0.3, 0.4) is 0 Å². The molecule has 5 nitrogen and oxygen atoms in total. The van der Waals surface area contributed by atoms with Crippen LogP contribution in [0, 0.1) is 0 Å². The van der Waals surface area contributed by atoms with Crippen LogP contribution in [0.4, 0.5) is 0 Å². The molecule has 1 rings (SSSR count). The van der Waals surface area contributed by atoms with E-state index in [0.29, 0.717) is 11.9 Å². The minimum absolute atomic E-state index is 0.0938. The Hall–Kier alpha value is -0.945. The van der Waals surface area contributed by atoms with Gasteiger partial charge >= 0.3 is 7.12 Å². The monoisotopic (exact) mass is 199 g/mol. The SMILES string of the molecule is OB(O)c1cccnc1.OCCCO. The van der Waals surface area contributed by atoms with Crippen molar-refractivity contribution in [3.63, 3.8) is 0 Å². The number of hydrogen-bond acceptors (Lipinski definition) is 5. The predicted molar refractivity (Wildman–Crippen MR) is 52.9 cm³/mol. The molecule has 0 saturated carbocycles. The summed E-state index contributed by atoms with van der Waals surface area (Å²) < 4.78 is 0. The third kappa shape index (κ3) is 6.56. The summed E-state index contributed by atoms with van der Waals surface area (Å²) >= 11 is 0. The molecule has 0 aliphatic heterocycles. The second kappa shape index (κ2) is 8.64. The minimum Gasteiger partial charge on any atom is -0.423 e. The molecule has 0 unspecified atom stereocenters. The number of aliphatic hydroxyl groups excluding tert-OH is 2. The molecule has 0 bridgehead atoms. The van der Waals surface area contributed by atoms with E-state index < -0.39 is 7.12 Å². The van der Waals surface area contributed by atoms with Gasteiger partial charge < -0.3 is 20.3 Å². The molecule has 4 N–H and O–H groups in total. The average Bonchev–Trinajstić information content (AvgIpc) is 2.21. The van der Waals surface area contributed by atoms with Crippen molar-refractivity contribution in [2.45, 2.75) is 6.42 Å². The second-order valence-corrected chi connectivity index (χ2v) is 2.46. The summed E-state index contributed by atoms with van der Waals surface area (Å²) in [5.74, 6) is 0. The highest BCUT2D eigenvalue weighted by Gasteiger charge is 2.08. The van der Waals surface area contributed by atoms with Crippen molar-refractivity contribution < 1.29 is 20.3 Å². The van der Waals surface area contributed by atoms with E-state index in [9.17, 15) is 0 Å². The van der Waals surface area contributed by atoms with E-state index in [0.717, 1.165) is 0 Å². The molecule has 1 aromatic rings. The first-order valence-corrected chi connectivity index (χ1v) is 4.20. The van der Waals surface area contributed by atoms with Gasteiger partial charge in [-0.1, -0.05) is 6.07 Å². The molecule has 0 spiro atoms. The van der Waals surface area contributed by atoms with Crippen LogP contribution >= 0.6 is 0 Å². The molecule has 0 fully saturated rings. The number of hydrogen-bond donors (Lipinski definition) is 4. The number of pyridine rings is 1. The maximum absolute atomic E-state index is 8.54. The predicted octanol–water partition coefficient (Wildman–Crippen LogP) is -1.88. The number of rotatable bonds is 3. The molecule has 0 aromatic carbocycles. The van der Waals surface area contributed by atoms with Crippen LogP contribution in [0.5, 0.6) is 0 Å². The standard InChI is InChI=1S/C5H6BNO2.C3H8O2/c8-6(9)5-2-1-3-7-4-5;4-2-1-3-5/h1-4,8-9H;4-5H,1-3H2. The van der Waals surface area contributed by atoms with Crippen molar-refractivity contribution in [3.05, 3.63) is 24.5 Å². The summed E-state index contributed by atoms with van der Waals surface area (Å²) in [6, 6.07) is 3.24. The zero-order chi connectivity index (χ0) is 10.8. The van der Waals surface area contributed by atoms with Crippen LogP contribution < -0.4 is 5.46 Å². The fraction of sp³-hybridized carbons (Fsp3) is 0.375. The van der Waals surface area contributed by atoms with E-state index in [4.69, 9.17) is 20.3 Å². The number of nitrogens with zero attached hydrogens (tertiary/aromatic N) is 1. The third-order valence-electron chi connectivity index (χ3n) is 1.30. The van der Waals surface area contributed by atoms with Crippen LogP contribution in [0.2, 0.25) is 0 Å². The van der Waals surface area contributed by atoms with E-state index in [2.05, 4.69) is 4.98 Å². The molecule has 6 heteroatoms. The average molecular weight is 199 g/mol. The molecule has 0 radical (unpaired) electrons. The van der Waals surface area contributed by atoms with Crippen LogP contribution in [0.25, 0.3) is 0 Å². The fourth-order valence-corrected chi connectivity index (χ4v) is 0.599. The first-order valence-electron chi connectivity index (χ1n) is 4.20.